The van der Waals surface area contributed by atoms with E-state index < -0.39 is 0 Å². The van der Waals surface area contributed by atoms with Gasteiger partial charge in [-0.2, -0.15) is 0 Å². The van der Waals surface area contributed by atoms with Crippen LogP contribution in [0.15, 0.2) is 0 Å². The van der Waals surface area contributed by atoms with Crippen LogP contribution in [0.2, 0.25) is 0 Å². The van der Waals surface area contributed by atoms with E-state index in [0.717, 1.165) is 25.7 Å². The highest BCUT2D eigenvalue weighted by Gasteiger charge is 2.26. The molecule has 4 heteroatoms. The van der Waals surface area contributed by atoms with Crippen molar-refractivity contribution in [3.05, 3.63) is 0 Å². The van der Waals surface area contributed by atoms with Crippen LogP contribution in [0, 0.1) is 5.92 Å². The first kappa shape index (κ1) is 15.4. The van der Waals surface area contributed by atoms with Gasteiger partial charge in [0, 0.05) is 26.2 Å². The molecule has 0 aliphatic heterocycles. The van der Waals surface area contributed by atoms with Gasteiger partial charge in [0.05, 0.1) is 6.04 Å². The minimum atomic E-state index is -0.0599. The van der Waals surface area contributed by atoms with Gasteiger partial charge >= 0.3 is 0 Å². The summed E-state index contributed by atoms with van der Waals surface area (Å²) in [5, 5.41) is 3.53. The highest BCUT2D eigenvalue weighted by Crippen LogP contribution is 2.19. The molecular formula is C14H29N3O. The van der Waals surface area contributed by atoms with Crippen molar-refractivity contribution in [3.63, 3.8) is 0 Å². The molecule has 0 aromatic carbocycles. The second-order valence-electron chi connectivity index (χ2n) is 6.21. The number of carbonyl (C=O) groups excluding carboxylic acids is 1. The van der Waals surface area contributed by atoms with E-state index in [1.165, 1.54) is 6.42 Å². The summed E-state index contributed by atoms with van der Waals surface area (Å²) in [7, 11) is 3.65. The van der Waals surface area contributed by atoms with E-state index >= 15 is 0 Å². The first-order chi connectivity index (χ1) is 8.40. The Hall–Kier alpha value is -0.610. The van der Waals surface area contributed by atoms with Crippen molar-refractivity contribution in [1.82, 2.24) is 10.2 Å². The smallest absolute Gasteiger partial charge is 0.239 e. The monoisotopic (exact) mass is 255 g/mol. The van der Waals surface area contributed by atoms with E-state index in [9.17, 15) is 4.79 Å². The molecule has 1 rings (SSSR count). The Morgan fingerprint density at radius 3 is 2.56 bits per heavy atom. The third-order valence-electron chi connectivity index (χ3n) is 3.60. The predicted octanol–water partition coefficient (Wildman–Crippen LogP) is 1.35. The molecule has 106 valence electrons. The fraction of sp³-hybridized carbons (Fsp3) is 0.929. The summed E-state index contributed by atoms with van der Waals surface area (Å²) in [4.78, 5) is 13.8. The van der Waals surface area contributed by atoms with Crippen LogP contribution in [0.4, 0.5) is 0 Å². The van der Waals surface area contributed by atoms with Crippen LogP contribution >= 0.6 is 0 Å². The van der Waals surface area contributed by atoms with Crippen molar-refractivity contribution in [2.45, 2.75) is 64.1 Å². The van der Waals surface area contributed by atoms with Crippen LogP contribution in [-0.2, 0) is 4.79 Å². The van der Waals surface area contributed by atoms with E-state index in [1.54, 1.807) is 4.90 Å². The minimum absolute atomic E-state index is 0.0599. The molecule has 0 radical (unpaired) electrons. The van der Waals surface area contributed by atoms with Gasteiger partial charge in [0.1, 0.15) is 0 Å². The molecule has 1 saturated carbocycles. The second kappa shape index (κ2) is 7.10. The number of nitrogens with two attached hydrogens (primary N) is 1. The number of rotatable bonds is 5. The van der Waals surface area contributed by atoms with Crippen LogP contribution in [0.3, 0.4) is 0 Å². The second-order valence-corrected chi connectivity index (χ2v) is 6.21. The average Bonchev–Trinajstić information content (AvgIpc) is 2.26. The Kier molecular flexibility index (Phi) is 6.09. The highest BCUT2D eigenvalue weighted by atomic mass is 16.2. The molecule has 4 nitrogen and oxygen atoms in total. The fourth-order valence-corrected chi connectivity index (χ4v) is 2.69. The van der Waals surface area contributed by atoms with Crippen LogP contribution in [0.25, 0.3) is 0 Å². The number of carbonyl (C=O) groups is 1. The van der Waals surface area contributed by atoms with Crippen LogP contribution in [0.1, 0.15) is 46.0 Å². The minimum Gasteiger partial charge on any atom is -0.347 e. The zero-order valence-corrected chi connectivity index (χ0v) is 12.3. The Morgan fingerprint density at radius 1 is 1.39 bits per heavy atom. The number of nitrogens with zero attached hydrogens (tertiary/aromatic N) is 1. The van der Waals surface area contributed by atoms with E-state index in [1.807, 2.05) is 14.1 Å². The van der Waals surface area contributed by atoms with E-state index in [0.29, 0.717) is 18.0 Å². The summed E-state index contributed by atoms with van der Waals surface area (Å²) in [6, 6.07) is 0.641. The molecule has 0 heterocycles. The Morgan fingerprint density at radius 2 is 2.06 bits per heavy atom. The van der Waals surface area contributed by atoms with Crippen molar-refractivity contribution in [3.8, 4) is 0 Å². The van der Waals surface area contributed by atoms with Crippen LogP contribution < -0.4 is 11.1 Å². The van der Waals surface area contributed by atoms with E-state index in [2.05, 4.69) is 19.2 Å². The number of hydrogen-bond acceptors (Lipinski definition) is 3. The van der Waals surface area contributed by atoms with Crippen molar-refractivity contribution >= 4 is 5.91 Å². The van der Waals surface area contributed by atoms with Crippen molar-refractivity contribution in [1.29, 1.82) is 0 Å². The van der Waals surface area contributed by atoms with Gasteiger partial charge in [0.2, 0.25) is 5.91 Å². The molecule has 3 N–H and O–H groups in total. The normalized spacial score (nSPS) is 26.1. The number of hydrogen-bond donors (Lipinski definition) is 2. The molecule has 18 heavy (non-hydrogen) atoms. The molecule has 1 aliphatic carbocycles. The van der Waals surface area contributed by atoms with Gasteiger partial charge in [0.25, 0.3) is 0 Å². The lowest BCUT2D eigenvalue weighted by atomic mass is 9.90. The van der Waals surface area contributed by atoms with Crippen molar-refractivity contribution < 1.29 is 4.79 Å². The first-order valence-corrected chi connectivity index (χ1v) is 7.13. The Labute approximate surface area is 111 Å². The van der Waals surface area contributed by atoms with E-state index in [4.69, 9.17) is 5.73 Å². The number of likely N-dealkylation sites (N-methyl/N-ethyl adjacent to an activating group) is 1. The molecule has 1 amide bonds. The summed E-state index contributed by atoms with van der Waals surface area (Å²) in [6.45, 7) is 4.31. The van der Waals surface area contributed by atoms with Gasteiger partial charge in [-0.3, -0.25) is 4.79 Å². The quantitative estimate of drug-likeness (QED) is 0.779. The number of nitrogens with one attached hydrogen (secondary N) is 1. The summed E-state index contributed by atoms with van der Waals surface area (Å²) >= 11 is 0. The molecule has 3 atom stereocenters. The Bertz CT molecular complexity index is 266. The maximum atomic E-state index is 12.2. The maximum Gasteiger partial charge on any atom is 0.239 e. The molecule has 0 spiro atoms. The van der Waals surface area contributed by atoms with Crippen LogP contribution in [-0.4, -0.2) is 43.0 Å². The average molecular weight is 255 g/mol. The van der Waals surface area contributed by atoms with Gasteiger partial charge in [-0.15, -0.1) is 0 Å². The zero-order valence-electron chi connectivity index (χ0n) is 12.3. The van der Waals surface area contributed by atoms with Crippen molar-refractivity contribution in [2.75, 3.05) is 14.1 Å². The lowest BCUT2D eigenvalue weighted by molar-refractivity contribution is -0.131. The van der Waals surface area contributed by atoms with Gasteiger partial charge in [-0.25, -0.2) is 0 Å². The molecule has 0 aromatic heterocycles. The zero-order chi connectivity index (χ0) is 13.7. The third kappa shape index (κ3) is 4.94. The summed E-state index contributed by atoms with van der Waals surface area (Å²) in [6.07, 6.45) is 5.32. The topological polar surface area (TPSA) is 58.4 Å². The van der Waals surface area contributed by atoms with E-state index in [-0.39, 0.29) is 11.9 Å². The molecule has 1 aliphatic rings. The lowest BCUT2D eigenvalue weighted by Crippen LogP contribution is -2.51. The first-order valence-electron chi connectivity index (χ1n) is 7.13. The van der Waals surface area contributed by atoms with Gasteiger partial charge in [-0.05, 0) is 31.6 Å². The maximum absolute atomic E-state index is 12.2. The predicted molar refractivity (Wildman–Crippen MR) is 75.3 cm³/mol. The van der Waals surface area contributed by atoms with Gasteiger partial charge in [-0.1, -0.05) is 20.3 Å². The standard InChI is InChI=1S/C14H29N3O/c1-10(2)8-13(14(18)17(3)4)16-12-7-5-6-11(15)9-12/h10-13,16H,5-9,15H2,1-4H3. The third-order valence-corrected chi connectivity index (χ3v) is 3.60. The molecule has 0 aromatic rings. The molecule has 3 unspecified atom stereocenters. The summed E-state index contributed by atoms with van der Waals surface area (Å²) in [5.74, 6) is 0.700. The number of amides is 1. The SMILES string of the molecule is CC(C)CC(NC1CCCC(N)C1)C(=O)N(C)C. The molecular weight excluding hydrogens is 226 g/mol. The van der Waals surface area contributed by atoms with Crippen molar-refractivity contribution in [2.24, 2.45) is 11.7 Å². The summed E-state index contributed by atoms with van der Waals surface area (Å²) < 4.78 is 0. The molecule has 0 bridgehead atoms. The lowest BCUT2D eigenvalue weighted by Gasteiger charge is -2.32. The Balaban J connectivity index is 2.57. The van der Waals surface area contributed by atoms with Gasteiger partial charge in [0.15, 0.2) is 0 Å². The largest absolute Gasteiger partial charge is 0.347 e. The van der Waals surface area contributed by atoms with Gasteiger partial charge < -0.3 is 16.0 Å². The fourth-order valence-electron chi connectivity index (χ4n) is 2.69. The molecule has 0 saturated heterocycles. The summed E-state index contributed by atoms with van der Waals surface area (Å²) in [5.41, 5.74) is 6.00. The molecule has 1 fully saturated rings. The highest BCUT2D eigenvalue weighted by molar-refractivity contribution is 5.81. The van der Waals surface area contributed by atoms with Crippen LogP contribution in [0.5, 0.6) is 0 Å².